The fraction of sp³-hybridized carbons (Fsp3) is 0.286. The topological polar surface area (TPSA) is 97.3 Å². The standard InChI is InChI=1S/C14H17FN4O3S2/c1-9-8-12(22-2)19(14(17-9)18-13(16)23-3)24(20,21)11-7-5-4-6-10(11)15/h4-8,12H,1-3H3,(H2,16,17,18). The number of benzene rings is 1. The Hall–Kier alpha value is -1.91. The van der Waals surface area contributed by atoms with Crippen molar-refractivity contribution in [3.05, 3.63) is 41.9 Å². The van der Waals surface area contributed by atoms with Crippen LogP contribution >= 0.6 is 11.8 Å². The first-order valence-electron chi connectivity index (χ1n) is 6.78. The molecule has 0 bridgehead atoms. The van der Waals surface area contributed by atoms with Crippen molar-refractivity contribution >= 4 is 32.9 Å². The summed E-state index contributed by atoms with van der Waals surface area (Å²) in [7, 11) is -2.96. The molecule has 0 aromatic heterocycles. The normalized spacial score (nSPS) is 19.1. The second-order valence-corrected chi connectivity index (χ2v) is 7.34. The predicted molar refractivity (Wildman–Crippen MR) is 92.6 cm³/mol. The molecule has 24 heavy (non-hydrogen) atoms. The van der Waals surface area contributed by atoms with Crippen molar-refractivity contribution in [3.63, 3.8) is 0 Å². The molecule has 0 saturated heterocycles. The van der Waals surface area contributed by atoms with Gasteiger partial charge in [-0.2, -0.15) is 4.99 Å². The molecule has 1 heterocycles. The van der Waals surface area contributed by atoms with Crippen LogP contribution < -0.4 is 5.73 Å². The maximum absolute atomic E-state index is 14.0. The summed E-state index contributed by atoms with van der Waals surface area (Å²) < 4.78 is 45.9. The molecule has 1 aliphatic rings. The minimum absolute atomic E-state index is 0.118. The van der Waals surface area contributed by atoms with Gasteiger partial charge in [-0.1, -0.05) is 23.9 Å². The molecule has 10 heteroatoms. The van der Waals surface area contributed by atoms with Crippen molar-refractivity contribution in [2.45, 2.75) is 18.0 Å². The van der Waals surface area contributed by atoms with E-state index in [1.807, 2.05) is 0 Å². The highest BCUT2D eigenvalue weighted by Gasteiger charge is 2.37. The summed E-state index contributed by atoms with van der Waals surface area (Å²) >= 11 is 1.13. The molecule has 130 valence electrons. The van der Waals surface area contributed by atoms with Crippen molar-refractivity contribution in [3.8, 4) is 0 Å². The molecular weight excluding hydrogens is 355 g/mol. The van der Waals surface area contributed by atoms with Gasteiger partial charge in [0, 0.05) is 12.8 Å². The number of guanidine groups is 1. The van der Waals surface area contributed by atoms with E-state index in [0.29, 0.717) is 5.70 Å². The average Bonchev–Trinajstić information content (AvgIpc) is 2.53. The minimum atomic E-state index is -4.29. The third-order valence-electron chi connectivity index (χ3n) is 3.12. The fourth-order valence-electron chi connectivity index (χ4n) is 2.02. The van der Waals surface area contributed by atoms with E-state index in [-0.39, 0.29) is 11.1 Å². The van der Waals surface area contributed by atoms with Crippen molar-refractivity contribution in [1.82, 2.24) is 4.31 Å². The van der Waals surface area contributed by atoms with E-state index >= 15 is 0 Å². The quantitative estimate of drug-likeness (QED) is 0.644. The number of sulfonamides is 1. The second kappa shape index (κ2) is 7.32. The zero-order valence-electron chi connectivity index (χ0n) is 13.3. The Bertz CT molecular complexity index is 821. The van der Waals surface area contributed by atoms with Gasteiger partial charge in [-0.25, -0.2) is 22.1 Å². The number of hydrogen-bond donors (Lipinski definition) is 1. The van der Waals surface area contributed by atoms with Crippen LogP contribution in [0, 0.1) is 5.82 Å². The van der Waals surface area contributed by atoms with E-state index in [2.05, 4.69) is 9.98 Å². The summed E-state index contributed by atoms with van der Waals surface area (Å²) in [6.45, 7) is 1.67. The molecule has 1 atom stereocenters. The van der Waals surface area contributed by atoms with Crippen LogP contribution in [0.25, 0.3) is 0 Å². The average molecular weight is 372 g/mol. The monoisotopic (exact) mass is 372 g/mol. The minimum Gasteiger partial charge on any atom is -0.378 e. The van der Waals surface area contributed by atoms with Crippen LogP contribution in [0.5, 0.6) is 0 Å². The summed E-state index contributed by atoms with van der Waals surface area (Å²) in [6.07, 6.45) is 2.17. The van der Waals surface area contributed by atoms with Gasteiger partial charge in [-0.05, 0) is 31.4 Å². The predicted octanol–water partition coefficient (Wildman–Crippen LogP) is 1.74. The molecule has 1 aliphatic heterocycles. The van der Waals surface area contributed by atoms with Gasteiger partial charge in [0.05, 0.1) is 0 Å². The van der Waals surface area contributed by atoms with Gasteiger partial charge >= 0.3 is 0 Å². The molecule has 0 saturated carbocycles. The van der Waals surface area contributed by atoms with Crippen LogP contribution in [-0.4, -0.2) is 43.4 Å². The first-order valence-corrected chi connectivity index (χ1v) is 9.44. The van der Waals surface area contributed by atoms with Crippen LogP contribution in [0.1, 0.15) is 6.92 Å². The number of allylic oxidation sites excluding steroid dienone is 1. The maximum atomic E-state index is 14.0. The molecule has 0 fully saturated rings. The molecule has 0 aliphatic carbocycles. The summed E-state index contributed by atoms with van der Waals surface area (Å²) in [5.41, 5.74) is 6.20. The SMILES string of the molecule is COC1C=C(C)N=C(N=C(N)SC)N1S(=O)(=O)c1ccccc1F. The first-order chi connectivity index (χ1) is 11.3. The second-order valence-electron chi connectivity index (χ2n) is 4.73. The van der Waals surface area contributed by atoms with E-state index in [9.17, 15) is 12.8 Å². The molecular formula is C14H17FN4O3S2. The number of aliphatic imine (C=N–C) groups is 2. The first kappa shape index (κ1) is 18.4. The number of nitrogens with zero attached hydrogens (tertiary/aromatic N) is 3. The molecule has 1 aromatic rings. The number of methoxy groups -OCH3 is 1. The van der Waals surface area contributed by atoms with Crippen LogP contribution in [0.15, 0.2) is 50.9 Å². The third kappa shape index (κ3) is 3.60. The molecule has 0 spiro atoms. The van der Waals surface area contributed by atoms with Gasteiger partial charge in [0.25, 0.3) is 10.0 Å². The van der Waals surface area contributed by atoms with Gasteiger partial charge in [-0.3, -0.25) is 0 Å². The molecule has 0 radical (unpaired) electrons. The molecule has 7 nitrogen and oxygen atoms in total. The number of nitrogens with two attached hydrogens (primary N) is 1. The Morgan fingerprint density at radius 3 is 2.71 bits per heavy atom. The largest absolute Gasteiger partial charge is 0.378 e. The van der Waals surface area contributed by atoms with Gasteiger partial charge in [0.2, 0.25) is 5.96 Å². The Kier molecular flexibility index (Phi) is 5.62. The van der Waals surface area contributed by atoms with Crippen LogP contribution in [0.4, 0.5) is 4.39 Å². The highest BCUT2D eigenvalue weighted by molar-refractivity contribution is 8.13. The number of ether oxygens (including phenoxy) is 1. The molecule has 1 unspecified atom stereocenters. The van der Waals surface area contributed by atoms with E-state index in [0.717, 1.165) is 22.1 Å². The Labute approximate surface area is 144 Å². The van der Waals surface area contributed by atoms with Gasteiger partial charge < -0.3 is 10.5 Å². The smallest absolute Gasteiger partial charge is 0.272 e. The number of halogens is 1. The van der Waals surface area contributed by atoms with E-state index in [4.69, 9.17) is 10.5 Å². The van der Waals surface area contributed by atoms with Gasteiger partial charge in [0.1, 0.15) is 10.7 Å². The Morgan fingerprint density at radius 1 is 1.46 bits per heavy atom. The van der Waals surface area contributed by atoms with Gasteiger partial charge in [-0.15, -0.1) is 0 Å². The fourth-order valence-corrected chi connectivity index (χ4v) is 3.69. The molecule has 1 aromatic carbocycles. The zero-order valence-corrected chi connectivity index (χ0v) is 14.9. The van der Waals surface area contributed by atoms with Crippen molar-refractivity contribution in [2.24, 2.45) is 15.7 Å². The molecule has 2 rings (SSSR count). The van der Waals surface area contributed by atoms with Gasteiger partial charge in [0.15, 0.2) is 11.4 Å². The number of rotatable bonds is 3. The summed E-state index contributed by atoms with van der Waals surface area (Å²) in [6, 6.07) is 5.07. The summed E-state index contributed by atoms with van der Waals surface area (Å²) in [4.78, 5) is 7.63. The van der Waals surface area contributed by atoms with Crippen molar-refractivity contribution in [2.75, 3.05) is 13.4 Å². The molecule has 2 N–H and O–H groups in total. The van der Waals surface area contributed by atoms with Crippen LogP contribution in [0.3, 0.4) is 0 Å². The van der Waals surface area contributed by atoms with E-state index in [1.165, 1.54) is 31.4 Å². The summed E-state index contributed by atoms with van der Waals surface area (Å²) in [5.74, 6) is -1.06. The lowest BCUT2D eigenvalue weighted by molar-refractivity contribution is 0.0809. The molecule has 0 amide bonds. The lowest BCUT2D eigenvalue weighted by atomic mass is 10.3. The number of amidine groups is 1. The number of thioether (sulfide) groups is 1. The van der Waals surface area contributed by atoms with E-state index in [1.54, 1.807) is 13.2 Å². The third-order valence-corrected chi connectivity index (χ3v) is 5.41. The van der Waals surface area contributed by atoms with Crippen LogP contribution in [0.2, 0.25) is 0 Å². The zero-order chi connectivity index (χ0) is 17.9. The lowest BCUT2D eigenvalue weighted by Gasteiger charge is -2.31. The summed E-state index contributed by atoms with van der Waals surface area (Å²) in [5, 5.41) is 0.118. The highest BCUT2D eigenvalue weighted by Crippen LogP contribution is 2.26. The Balaban J connectivity index is 2.63. The highest BCUT2D eigenvalue weighted by atomic mass is 32.2. The number of hydrogen-bond acceptors (Lipinski definition) is 6. The lowest BCUT2D eigenvalue weighted by Crippen LogP contribution is -2.46. The maximum Gasteiger partial charge on any atom is 0.272 e. The Morgan fingerprint density at radius 2 is 2.12 bits per heavy atom. The van der Waals surface area contributed by atoms with Crippen LogP contribution in [-0.2, 0) is 14.8 Å². The van der Waals surface area contributed by atoms with E-state index < -0.39 is 27.0 Å². The van der Waals surface area contributed by atoms with Crippen molar-refractivity contribution in [1.29, 1.82) is 0 Å². The van der Waals surface area contributed by atoms with Crippen molar-refractivity contribution < 1.29 is 17.5 Å².